The number of carbonyl (C=O) groups excluding carboxylic acids is 2. The number of nitrogens with one attached hydrogen (secondary N) is 1. The highest BCUT2D eigenvalue weighted by Gasteiger charge is 2.40. The lowest BCUT2D eigenvalue weighted by molar-refractivity contribution is -0.117. The maximum absolute atomic E-state index is 13.5. The van der Waals surface area contributed by atoms with E-state index in [-0.39, 0.29) is 18.0 Å². The fourth-order valence-electron chi connectivity index (χ4n) is 3.36. The number of halogens is 2. The molecule has 0 radical (unpaired) electrons. The smallest absolute Gasteiger partial charge is 0.265 e. The van der Waals surface area contributed by atoms with Crippen molar-refractivity contribution >= 4 is 61.1 Å². The first-order valence-corrected chi connectivity index (χ1v) is 12.4. The summed E-state index contributed by atoms with van der Waals surface area (Å²) < 4.78 is 7.02. The van der Waals surface area contributed by atoms with Crippen LogP contribution in [0.1, 0.15) is 11.3 Å². The minimum atomic E-state index is -0.561. The zero-order chi connectivity index (χ0) is 23.4. The van der Waals surface area contributed by atoms with Crippen molar-refractivity contribution in [3.05, 3.63) is 97.8 Å². The molecule has 2 aromatic carbocycles. The van der Waals surface area contributed by atoms with Crippen molar-refractivity contribution in [2.75, 3.05) is 4.90 Å². The van der Waals surface area contributed by atoms with E-state index in [1.54, 1.807) is 24.3 Å². The van der Waals surface area contributed by atoms with Gasteiger partial charge in [0.05, 0.1) is 18.1 Å². The van der Waals surface area contributed by atoms with Crippen LogP contribution in [0.4, 0.5) is 5.69 Å². The second-order valence-electron chi connectivity index (χ2n) is 7.14. The average Bonchev–Trinajstić information content (AvgIpc) is 3.42. The molecule has 1 aliphatic rings. The Hall–Kier alpha value is -2.80. The number of furan rings is 1. The molecule has 0 spiro atoms. The molecule has 9 heteroatoms. The molecule has 1 aliphatic heterocycles. The summed E-state index contributed by atoms with van der Waals surface area (Å²) in [6, 6.07) is 20.4. The molecule has 166 valence electrons. The Morgan fingerprint density at radius 1 is 1.12 bits per heavy atom. The van der Waals surface area contributed by atoms with Crippen molar-refractivity contribution in [2.45, 2.75) is 18.2 Å². The zero-order valence-corrected chi connectivity index (χ0v) is 21.1. The van der Waals surface area contributed by atoms with Crippen molar-refractivity contribution in [3.8, 4) is 6.07 Å². The van der Waals surface area contributed by atoms with Crippen LogP contribution in [0, 0.1) is 11.3 Å². The lowest BCUT2D eigenvalue weighted by Gasteiger charge is -2.18. The molecule has 6 nitrogen and oxygen atoms in total. The van der Waals surface area contributed by atoms with Crippen LogP contribution in [0.2, 0.25) is 0 Å². The van der Waals surface area contributed by atoms with Crippen molar-refractivity contribution in [2.24, 2.45) is 0 Å². The molecular formula is C24H17Br2N3O3S. The molecule has 4 rings (SSSR count). The van der Waals surface area contributed by atoms with Crippen LogP contribution in [0.5, 0.6) is 0 Å². The molecular weight excluding hydrogens is 570 g/mol. The normalized spacial score (nSPS) is 17.1. The Balaban J connectivity index is 1.68. The number of amides is 2. The molecule has 2 amide bonds. The predicted octanol–water partition coefficient (Wildman–Crippen LogP) is 5.55. The van der Waals surface area contributed by atoms with Gasteiger partial charge in [0.25, 0.3) is 5.91 Å². The van der Waals surface area contributed by atoms with Gasteiger partial charge in [-0.05, 0) is 60.5 Å². The number of anilines is 1. The van der Waals surface area contributed by atoms with Gasteiger partial charge in [0.15, 0.2) is 0 Å². The Kier molecular flexibility index (Phi) is 7.38. The van der Waals surface area contributed by atoms with E-state index in [9.17, 15) is 14.9 Å². The first-order valence-electron chi connectivity index (χ1n) is 9.92. The van der Waals surface area contributed by atoms with Crippen LogP contribution in [-0.4, -0.2) is 17.1 Å². The van der Waals surface area contributed by atoms with Crippen LogP contribution in [-0.2, 0) is 22.6 Å². The monoisotopic (exact) mass is 585 g/mol. The summed E-state index contributed by atoms with van der Waals surface area (Å²) in [6.45, 7) is 0.142. The summed E-state index contributed by atoms with van der Waals surface area (Å²) in [5.41, 5.74) is 1.46. The minimum absolute atomic E-state index is 0.112. The average molecular weight is 587 g/mol. The van der Waals surface area contributed by atoms with Gasteiger partial charge in [-0.25, -0.2) is 0 Å². The summed E-state index contributed by atoms with van der Waals surface area (Å²) in [6.07, 6.45) is 1.98. The van der Waals surface area contributed by atoms with Crippen molar-refractivity contribution in [3.63, 3.8) is 0 Å². The van der Waals surface area contributed by atoms with Gasteiger partial charge in [0, 0.05) is 14.6 Å². The first kappa shape index (κ1) is 23.4. The van der Waals surface area contributed by atoms with Crippen LogP contribution < -0.4 is 10.2 Å². The third-order valence-corrected chi connectivity index (χ3v) is 7.19. The lowest BCUT2D eigenvalue weighted by Crippen LogP contribution is -2.32. The summed E-state index contributed by atoms with van der Waals surface area (Å²) in [5, 5.41) is 12.4. The quantitative estimate of drug-likeness (QED) is 0.302. The van der Waals surface area contributed by atoms with Crippen LogP contribution in [0.15, 0.2) is 90.9 Å². The number of nitriles is 1. The SMILES string of the molecule is N#C/C(C(=O)NCc1ccco1)=C1\S[C@@H](Cc2cccc(Br)c2)C(=O)N1c1ccc(Br)cc1. The minimum Gasteiger partial charge on any atom is -0.467 e. The number of hydrogen-bond acceptors (Lipinski definition) is 5. The van der Waals surface area contributed by atoms with E-state index in [0.717, 1.165) is 14.5 Å². The van der Waals surface area contributed by atoms with E-state index in [0.29, 0.717) is 22.9 Å². The molecule has 33 heavy (non-hydrogen) atoms. The highest BCUT2D eigenvalue weighted by molar-refractivity contribution is 9.10. The van der Waals surface area contributed by atoms with Crippen molar-refractivity contribution < 1.29 is 14.0 Å². The molecule has 0 unspecified atom stereocenters. The zero-order valence-electron chi connectivity index (χ0n) is 17.1. The number of thioether (sulfide) groups is 1. The number of benzene rings is 2. The number of nitrogens with zero attached hydrogens (tertiary/aromatic N) is 2. The van der Waals surface area contributed by atoms with E-state index in [1.807, 2.05) is 42.5 Å². The molecule has 1 fully saturated rings. The van der Waals surface area contributed by atoms with E-state index >= 15 is 0 Å². The van der Waals surface area contributed by atoms with Crippen molar-refractivity contribution in [1.82, 2.24) is 5.32 Å². The second kappa shape index (κ2) is 10.4. The summed E-state index contributed by atoms with van der Waals surface area (Å²) in [7, 11) is 0. The molecule has 1 aromatic heterocycles. The maximum atomic E-state index is 13.5. The van der Waals surface area contributed by atoms with E-state index in [2.05, 4.69) is 37.2 Å². The highest BCUT2D eigenvalue weighted by Crippen LogP contribution is 2.42. The van der Waals surface area contributed by atoms with Crippen LogP contribution in [0.25, 0.3) is 0 Å². The molecule has 0 saturated carbocycles. The van der Waals surface area contributed by atoms with Gasteiger partial charge in [-0.3, -0.25) is 14.5 Å². The molecule has 3 aromatic rings. The molecule has 1 N–H and O–H groups in total. The van der Waals surface area contributed by atoms with Gasteiger partial charge in [-0.1, -0.05) is 55.8 Å². The summed E-state index contributed by atoms with van der Waals surface area (Å²) in [4.78, 5) is 27.8. The standard InChI is InChI=1S/C24H17Br2N3O3S/c25-16-6-8-18(9-7-16)29-23(31)21(12-15-3-1-4-17(26)11-15)33-24(29)20(13-27)22(30)28-14-19-5-2-10-32-19/h1-11,21H,12,14H2,(H,28,30)/b24-20+/t21-/m0/s1. The number of rotatable bonds is 6. The molecule has 1 atom stereocenters. The summed E-state index contributed by atoms with van der Waals surface area (Å²) in [5.74, 6) is -0.170. The molecule has 0 bridgehead atoms. The van der Waals surface area contributed by atoms with Gasteiger partial charge in [-0.2, -0.15) is 5.26 Å². The highest BCUT2D eigenvalue weighted by atomic mass is 79.9. The largest absolute Gasteiger partial charge is 0.467 e. The van der Waals surface area contributed by atoms with Crippen LogP contribution >= 0.6 is 43.6 Å². The lowest BCUT2D eigenvalue weighted by atomic mass is 10.1. The molecule has 2 heterocycles. The Labute approximate surface area is 211 Å². The first-order chi connectivity index (χ1) is 16.0. The van der Waals surface area contributed by atoms with E-state index in [4.69, 9.17) is 4.42 Å². The van der Waals surface area contributed by atoms with Gasteiger partial charge in [-0.15, -0.1) is 0 Å². The molecule has 0 aliphatic carbocycles. The molecule has 1 saturated heterocycles. The Bertz CT molecular complexity index is 1250. The fourth-order valence-corrected chi connectivity index (χ4v) is 5.38. The van der Waals surface area contributed by atoms with E-state index < -0.39 is 11.2 Å². The third-order valence-electron chi connectivity index (χ3n) is 4.90. The number of carbonyl (C=O) groups is 2. The predicted molar refractivity (Wildman–Crippen MR) is 134 cm³/mol. The fraction of sp³-hybridized carbons (Fsp3) is 0.125. The van der Waals surface area contributed by atoms with Crippen LogP contribution in [0.3, 0.4) is 0 Å². The van der Waals surface area contributed by atoms with Gasteiger partial charge in [0.2, 0.25) is 5.91 Å². The second-order valence-corrected chi connectivity index (χ2v) is 10.2. The maximum Gasteiger partial charge on any atom is 0.265 e. The summed E-state index contributed by atoms with van der Waals surface area (Å²) >= 11 is 8.10. The Morgan fingerprint density at radius 2 is 1.91 bits per heavy atom. The third kappa shape index (κ3) is 5.41. The van der Waals surface area contributed by atoms with E-state index in [1.165, 1.54) is 22.9 Å². The van der Waals surface area contributed by atoms with Crippen molar-refractivity contribution in [1.29, 1.82) is 5.26 Å². The van der Waals surface area contributed by atoms with Gasteiger partial charge in [0.1, 0.15) is 22.4 Å². The van der Waals surface area contributed by atoms with Gasteiger partial charge < -0.3 is 9.73 Å². The van der Waals surface area contributed by atoms with Gasteiger partial charge >= 0.3 is 0 Å². The Morgan fingerprint density at radius 3 is 2.58 bits per heavy atom. The number of hydrogen-bond donors (Lipinski definition) is 1. The topological polar surface area (TPSA) is 86.3 Å².